The highest BCUT2D eigenvalue weighted by atomic mass is 32.2. The Balaban J connectivity index is 1.31. The van der Waals surface area contributed by atoms with Crippen LogP contribution < -0.4 is 5.32 Å². The monoisotopic (exact) mass is 451 g/mol. The molecule has 2 heterocycles. The van der Waals surface area contributed by atoms with E-state index < -0.39 is 0 Å². The molecule has 2 aromatic heterocycles. The lowest BCUT2D eigenvalue weighted by Gasteiger charge is -2.21. The Kier molecular flexibility index (Phi) is 8.28. The van der Waals surface area contributed by atoms with Crippen LogP contribution >= 0.6 is 11.8 Å². The van der Waals surface area contributed by atoms with E-state index in [1.807, 2.05) is 47.0 Å². The number of thioether (sulfide) groups is 1. The summed E-state index contributed by atoms with van der Waals surface area (Å²) in [6.07, 6.45) is 11.0. The molecule has 1 saturated carbocycles. The van der Waals surface area contributed by atoms with Crippen LogP contribution in [0.25, 0.3) is 17.1 Å². The van der Waals surface area contributed by atoms with Crippen LogP contribution in [-0.2, 0) is 9.53 Å². The Morgan fingerprint density at radius 3 is 2.72 bits per heavy atom. The van der Waals surface area contributed by atoms with Crippen LogP contribution in [0.2, 0.25) is 0 Å². The fourth-order valence-corrected chi connectivity index (χ4v) is 4.60. The summed E-state index contributed by atoms with van der Waals surface area (Å²) in [6, 6.07) is 13.7. The Hall–Kier alpha value is -2.71. The highest BCUT2D eigenvalue weighted by molar-refractivity contribution is 7.99. The van der Waals surface area contributed by atoms with E-state index in [9.17, 15) is 4.79 Å². The molecule has 1 amide bonds. The summed E-state index contributed by atoms with van der Waals surface area (Å²) in [5, 5.41) is 12.4. The van der Waals surface area contributed by atoms with Gasteiger partial charge in [-0.05, 0) is 43.5 Å². The minimum Gasteiger partial charge on any atom is -0.378 e. The molecule has 0 aliphatic heterocycles. The minimum atomic E-state index is -0.0156. The molecule has 7 nitrogen and oxygen atoms in total. The topological polar surface area (TPSA) is 81.9 Å². The van der Waals surface area contributed by atoms with Gasteiger partial charge in [-0.25, -0.2) is 0 Å². The summed E-state index contributed by atoms with van der Waals surface area (Å²) in [5.41, 5.74) is 1.82. The van der Waals surface area contributed by atoms with Crippen molar-refractivity contribution in [2.45, 2.75) is 49.8 Å². The lowest BCUT2D eigenvalue weighted by molar-refractivity contribution is -0.118. The van der Waals surface area contributed by atoms with Crippen molar-refractivity contribution in [1.29, 1.82) is 0 Å². The summed E-state index contributed by atoms with van der Waals surface area (Å²) >= 11 is 1.38. The number of amides is 1. The molecule has 0 spiro atoms. The number of nitrogens with zero attached hydrogens (tertiary/aromatic N) is 4. The summed E-state index contributed by atoms with van der Waals surface area (Å²) in [6.45, 7) is 1.33. The number of carbonyl (C=O) groups excluding carboxylic acids is 1. The van der Waals surface area contributed by atoms with Crippen LogP contribution in [0.5, 0.6) is 0 Å². The summed E-state index contributed by atoms with van der Waals surface area (Å²) in [7, 11) is 0. The van der Waals surface area contributed by atoms with Gasteiger partial charge in [-0.1, -0.05) is 49.2 Å². The van der Waals surface area contributed by atoms with E-state index in [1.54, 1.807) is 12.4 Å². The molecule has 1 aliphatic rings. The zero-order chi connectivity index (χ0) is 22.0. The van der Waals surface area contributed by atoms with Gasteiger partial charge in [0.15, 0.2) is 11.0 Å². The molecule has 1 fully saturated rings. The maximum absolute atomic E-state index is 12.4. The second-order valence-electron chi connectivity index (χ2n) is 7.84. The highest BCUT2D eigenvalue weighted by Gasteiger charge is 2.17. The van der Waals surface area contributed by atoms with E-state index in [2.05, 4.69) is 20.5 Å². The Morgan fingerprint density at radius 2 is 1.94 bits per heavy atom. The number of pyridine rings is 1. The molecule has 4 rings (SSSR count). The minimum absolute atomic E-state index is 0.0156. The zero-order valence-electron chi connectivity index (χ0n) is 18.2. The molecule has 1 N–H and O–H groups in total. The van der Waals surface area contributed by atoms with E-state index in [4.69, 9.17) is 4.74 Å². The van der Waals surface area contributed by atoms with Crippen molar-refractivity contribution in [2.75, 3.05) is 18.9 Å². The SMILES string of the molecule is O=C(CSc1nnc(-c2cccnc2)n1-c1ccccc1)NCCCOC1CCCCC1. The Bertz CT molecular complexity index is 975. The lowest BCUT2D eigenvalue weighted by Crippen LogP contribution is -2.27. The quantitative estimate of drug-likeness (QED) is 0.366. The van der Waals surface area contributed by atoms with E-state index in [0.717, 1.165) is 17.7 Å². The number of hydrogen-bond acceptors (Lipinski definition) is 6. The molecule has 0 saturated heterocycles. The van der Waals surface area contributed by atoms with Crippen molar-refractivity contribution < 1.29 is 9.53 Å². The molecule has 32 heavy (non-hydrogen) atoms. The van der Waals surface area contributed by atoms with Crippen molar-refractivity contribution in [3.8, 4) is 17.1 Å². The maximum Gasteiger partial charge on any atom is 0.230 e. The Morgan fingerprint density at radius 1 is 1.09 bits per heavy atom. The van der Waals surface area contributed by atoms with Crippen molar-refractivity contribution in [1.82, 2.24) is 25.1 Å². The van der Waals surface area contributed by atoms with Crippen LogP contribution in [0.1, 0.15) is 38.5 Å². The van der Waals surface area contributed by atoms with Gasteiger partial charge in [0, 0.05) is 36.8 Å². The second kappa shape index (κ2) is 11.8. The number of carbonyl (C=O) groups is 1. The van der Waals surface area contributed by atoms with Gasteiger partial charge in [-0.2, -0.15) is 0 Å². The van der Waals surface area contributed by atoms with E-state index in [0.29, 0.717) is 30.2 Å². The molecular weight excluding hydrogens is 422 g/mol. The van der Waals surface area contributed by atoms with E-state index >= 15 is 0 Å². The third-order valence-corrected chi connectivity index (χ3v) is 6.38. The van der Waals surface area contributed by atoms with Crippen LogP contribution in [0.15, 0.2) is 60.0 Å². The van der Waals surface area contributed by atoms with Crippen LogP contribution in [0, 0.1) is 0 Å². The van der Waals surface area contributed by atoms with Gasteiger partial charge in [-0.3, -0.25) is 14.3 Å². The van der Waals surface area contributed by atoms with Gasteiger partial charge in [-0.15, -0.1) is 10.2 Å². The molecule has 3 aromatic rings. The molecule has 0 atom stereocenters. The molecule has 0 unspecified atom stereocenters. The number of aromatic nitrogens is 4. The predicted molar refractivity (Wildman–Crippen MR) is 126 cm³/mol. The van der Waals surface area contributed by atoms with E-state index in [1.165, 1.54) is 43.9 Å². The molecule has 168 valence electrons. The first kappa shape index (κ1) is 22.5. The van der Waals surface area contributed by atoms with Gasteiger partial charge >= 0.3 is 0 Å². The fourth-order valence-electron chi connectivity index (χ4n) is 3.82. The summed E-state index contributed by atoms with van der Waals surface area (Å²) in [4.78, 5) is 16.6. The predicted octanol–water partition coefficient (Wildman–Crippen LogP) is 4.28. The van der Waals surface area contributed by atoms with E-state index in [-0.39, 0.29) is 11.7 Å². The molecule has 0 radical (unpaired) electrons. The molecule has 1 aromatic carbocycles. The van der Waals surface area contributed by atoms with Gasteiger partial charge in [0.25, 0.3) is 0 Å². The Labute approximate surface area is 193 Å². The van der Waals surface area contributed by atoms with Crippen molar-refractivity contribution >= 4 is 17.7 Å². The summed E-state index contributed by atoms with van der Waals surface area (Å²) < 4.78 is 7.89. The molecule has 1 aliphatic carbocycles. The number of ether oxygens (including phenoxy) is 1. The first-order chi connectivity index (χ1) is 15.8. The smallest absolute Gasteiger partial charge is 0.230 e. The van der Waals surface area contributed by atoms with Gasteiger partial charge in [0.1, 0.15) is 0 Å². The first-order valence-electron chi connectivity index (χ1n) is 11.2. The third kappa shape index (κ3) is 6.17. The number of nitrogens with one attached hydrogen (secondary N) is 1. The van der Waals surface area contributed by atoms with Crippen molar-refractivity contribution in [3.05, 3.63) is 54.9 Å². The molecule has 8 heteroatoms. The molecular formula is C24H29N5O2S. The maximum atomic E-state index is 12.4. The lowest BCUT2D eigenvalue weighted by atomic mass is 9.98. The number of hydrogen-bond donors (Lipinski definition) is 1. The number of para-hydroxylation sites is 1. The first-order valence-corrected chi connectivity index (χ1v) is 12.2. The normalized spacial score (nSPS) is 14.4. The summed E-state index contributed by atoms with van der Waals surface area (Å²) in [5.74, 6) is 0.965. The van der Waals surface area contributed by atoms with Crippen LogP contribution in [-0.4, -0.2) is 50.7 Å². The van der Waals surface area contributed by atoms with Gasteiger partial charge < -0.3 is 10.1 Å². The van der Waals surface area contributed by atoms with Crippen molar-refractivity contribution in [3.63, 3.8) is 0 Å². The third-order valence-electron chi connectivity index (χ3n) is 5.45. The average Bonchev–Trinajstić information content (AvgIpc) is 3.28. The standard InChI is InChI=1S/C24H29N5O2S/c30-22(26-15-8-16-31-21-12-5-2-6-13-21)18-32-24-28-27-23(19-9-7-14-25-17-19)29(24)20-10-3-1-4-11-20/h1,3-4,7,9-11,14,17,21H,2,5-6,8,12-13,15-16,18H2,(H,26,30). The largest absolute Gasteiger partial charge is 0.378 e. The molecule has 0 bridgehead atoms. The van der Waals surface area contributed by atoms with Crippen molar-refractivity contribution in [2.24, 2.45) is 0 Å². The fraction of sp³-hybridized carbons (Fsp3) is 0.417. The highest BCUT2D eigenvalue weighted by Crippen LogP contribution is 2.27. The van der Waals surface area contributed by atoms with Gasteiger partial charge in [0.2, 0.25) is 5.91 Å². The van der Waals surface area contributed by atoms with Gasteiger partial charge in [0.05, 0.1) is 11.9 Å². The van der Waals surface area contributed by atoms with Crippen LogP contribution in [0.3, 0.4) is 0 Å². The average molecular weight is 452 g/mol. The number of benzene rings is 1. The number of rotatable bonds is 10. The zero-order valence-corrected chi connectivity index (χ0v) is 19.0. The second-order valence-corrected chi connectivity index (χ2v) is 8.78. The van der Waals surface area contributed by atoms with Crippen LogP contribution in [0.4, 0.5) is 0 Å².